The van der Waals surface area contributed by atoms with Crippen molar-refractivity contribution in [1.82, 2.24) is 0 Å². The maximum absolute atomic E-state index is 11.6. The Kier molecular flexibility index (Phi) is 5.05. The van der Waals surface area contributed by atoms with Crippen molar-refractivity contribution in [3.8, 4) is 0 Å². The first-order valence-electron chi connectivity index (χ1n) is 4.98. The van der Waals surface area contributed by atoms with Crippen LogP contribution in [-0.2, 0) is 19.7 Å². The molecule has 1 aliphatic rings. The largest absolute Gasteiger partial charge is 1.00 e. The molecule has 8 nitrogen and oxygen atoms in total. The first-order chi connectivity index (χ1) is 8.79. The van der Waals surface area contributed by atoms with Gasteiger partial charge in [-0.15, -0.1) is 0 Å². The molecule has 0 radical (unpaired) electrons. The van der Waals surface area contributed by atoms with Crippen molar-refractivity contribution in [2.24, 2.45) is 4.99 Å². The van der Waals surface area contributed by atoms with Crippen molar-refractivity contribution in [2.75, 3.05) is 4.90 Å². The summed E-state index contributed by atoms with van der Waals surface area (Å²) in [6.45, 7) is 0. The molecule has 10 heteroatoms. The normalized spacial score (nSPS) is 15.7. The van der Waals surface area contributed by atoms with Gasteiger partial charge in [0.2, 0.25) is 5.91 Å². The Morgan fingerprint density at radius 2 is 1.95 bits per heavy atom. The second kappa shape index (κ2) is 6.02. The van der Waals surface area contributed by atoms with Crippen LogP contribution in [-0.4, -0.2) is 30.8 Å². The number of benzene rings is 1. The van der Waals surface area contributed by atoms with Gasteiger partial charge in [-0.05, 0) is 18.2 Å². The summed E-state index contributed by atoms with van der Waals surface area (Å²) >= 11 is 0. The van der Waals surface area contributed by atoms with Crippen LogP contribution in [0.3, 0.4) is 0 Å². The zero-order valence-electron chi connectivity index (χ0n) is 10.3. The average molecular weight is 306 g/mol. The molecule has 0 fully saturated rings. The number of amides is 2. The van der Waals surface area contributed by atoms with Crippen molar-refractivity contribution in [1.29, 1.82) is 0 Å². The molecule has 0 saturated carbocycles. The Bertz CT molecular complexity index is 699. The molecule has 1 N–H and O–H groups in total. The van der Waals surface area contributed by atoms with E-state index in [0.29, 0.717) is 4.90 Å². The summed E-state index contributed by atoms with van der Waals surface area (Å²) < 4.78 is 30.8. The molecule has 0 unspecified atom stereocenters. The van der Waals surface area contributed by atoms with E-state index in [1.54, 1.807) is 0 Å². The number of hydrogen-bond acceptors (Lipinski definition) is 5. The number of carbonyl (C=O) groups is 2. The molecular weight excluding hydrogens is 299 g/mol. The van der Waals surface area contributed by atoms with Crippen molar-refractivity contribution < 1.29 is 57.2 Å². The third-order valence-electron chi connectivity index (χ3n) is 2.34. The Morgan fingerprint density at radius 3 is 2.50 bits per heavy atom. The summed E-state index contributed by atoms with van der Waals surface area (Å²) in [5, 5.41) is 11.5. The predicted molar refractivity (Wildman–Crippen MR) is 60.8 cm³/mol. The van der Waals surface area contributed by atoms with Gasteiger partial charge in [-0.2, -0.15) is 8.42 Å². The standard InChI is InChI=1S/C10H8N2O6S.Na/c13-8-5-9(14)12(10(15)11-8)6-2-1-3-7(4-6)19(16,17)18;/h1-4H,5H2,(H,11,13,15)(H,16,17,18);/q;+1/p-1. The van der Waals surface area contributed by atoms with Gasteiger partial charge in [0.1, 0.15) is 6.42 Å². The van der Waals surface area contributed by atoms with Crippen LogP contribution in [0.25, 0.3) is 0 Å². The predicted octanol–water partition coefficient (Wildman–Crippen LogP) is -4.08. The van der Waals surface area contributed by atoms with E-state index < -0.39 is 39.3 Å². The molecule has 20 heavy (non-hydrogen) atoms. The van der Waals surface area contributed by atoms with Crippen LogP contribution < -0.4 is 39.6 Å². The van der Waals surface area contributed by atoms with Gasteiger partial charge < -0.3 is 5.11 Å². The van der Waals surface area contributed by atoms with E-state index in [1.807, 2.05) is 0 Å². The molecular formula is C10H7N2NaO6S. The maximum Gasteiger partial charge on any atom is 1.00 e. The number of nitrogens with zero attached hydrogens (tertiary/aromatic N) is 2. The molecule has 0 atom stereocenters. The van der Waals surface area contributed by atoms with Gasteiger partial charge in [0.15, 0.2) is 0 Å². The zero-order valence-corrected chi connectivity index (χ0v) is 13.1. The molecule has 0 bridgehead atoms. The van der Waals surface area contributed by atoms with Gasteiger partial charge in [0, 0.05) is 0 Å². The Balaban J connectivity index is 0.00000200. The van der Waals surface area contributed by atoms with E-state index >= 15 is 0 Å². The quantitative estimate of drug-likeness (QED) is 0.336. The number of hydrogen-bond donors (Lipinski definition) is 1. The van der Waals surface area contributed by atoms with Gasteiger partial charge in [0.05, 0.1) is 16.6 Å². The molecule has 0 aliphatic carbocycles. The second-order valence-corrected chi connectivity index (χ2v) is 5.09. The van der Waals surface area contributed by atoms with Gasteiger partial charge >= 0.3 is 29.6 Å². The number of carbonyl (C=O) groups excluding carboxylic acids is 2. The first kappa shape index (κ1) is 16.8. The van der Waals surface area contributed by atoms with Crippen molar-refractivity contribution in [3.05, 3.63) is 24.3 Å². The fraction of sp³-hybridized carbons (Fsp3) is 0.100. The average Bonchev–Trinajstić information content (AvgIpc) is 2.26. The van der Waals surface area contributed by atoms with E-state index in [1.165, 1.54) is 12.1 Å². The Hall–Kier alpha value is -1.26. The van der Waals surface area contributed by atoms with Crippen LogP contribution in [0, 0.1) is 0 Å². The van der Waals surface area contributed by atoms with Gasteiger partial charge in [-0.25, -0.2) is 4.99 Å². The van der Waals surface area contributed by atoms with Crippen molar-refractivity contribution in [2.45, 2.75) is 11.3 Å². The number of anilines is 1. The molecule has 1 aromatic rings. The van der Waals surface area contributed by atoms with E-state index in [-0.39, 0.29) is 35.2 Å². The van der Waals surface area contributed by atoms with E-state index in [9.17, 15) is 23.1 Å². The van der Waals surface area contributed by atoms with Crippen molar-refractivity contribution >= 4 is 33.6 Å². The zero-order chi connectivity index (χ0) is 14.2. The SMILES string of the molecule is O=C1CC(=O)N(c2cccc(S(=O)(=O)O)c2)C([O-])=N1.[Na+]. The molecule has 1 heterocycles. The third kappa shape index (κ3) is 3.44. The second-order valence-electron chi connectivity index (χ2n) is 3.67. The molecule has 100 valence electrons. The van der Waals surface area contributed by atoms with E-state index in [4.69, 9.17) is 4.55 Å². The van der Waals surface area contributed by atoms with E-state index in [2.05, 4.69) is 4.99 Å². The Morgan fingerprint density at radius 1 is 1.30 bits per heavy atom. The summed E-state index contributed by atoms with van der Waals surface area (Å²) in [7, 11) is -4.46. The van der Waals surface area contributed by atoms with Crippen LogP contribution >= 0.6 is 0 Å². The number of rotatable bonds is 2. The fourth-order valence-corrected chi connectivity index (χ4v) is 2.07. The summed E-state index contributed by atoms with van der Waals surface area (Å²) in [6.07, 6.45) is -0.568. The van der Waals surface area contributed by atoms with Crippen LogP contribution in [0.5, 0.6) is 0 Å². The van der Waals surface area contributed by atoms with Crippen molar-refractivity contribution in [3.63, 3.8) is 0 Å². The molecule has 1 aliphatic heterocycles. The minimum Gasteiger partial charge on any atom is -0.845 e. The van der Waals surface area contributed by atoms with Crippen LogP contribution in [0.1, 0.15) is 6.42 Å². The molecule has 0 aromatic heterocycles. The maximum atomic E-state index is 11.6. The topological polar surface area (TPSA) is 127 Å². The molecule has 0 spiro atoms. The van der Waals surface area contributed by atoms with Crippen LogP contribution in [0.2, 0.25) is 0 Å². The third-order valence-corrected chi connectivity index (χ3v) is 3.19. The summed E-state index contributed by atoms with van der Waals surface area (Å²) in [5.41, 5.74) is -0.0821. The molecule has 1 aromatic carbocycles. The molecule has 2 rings (SSSR count). The smallest absolute Gasteiger partial charge is 0.845 e. The van der Waals surface area contributed by atoms with Gasteiger partial charge in [0.25, 0.3) is 16.0 Å². The first-order valence-corrected chi connectivity index (χ1v) is 6.42. The van der Waals surface area contributed by atoms with Crippen LogP contribution in [0.4, 0.5) is 5.69 Å². The summed E-state index contributed by atoms with van der Waals surface area (Å²) in [5.74, 6) is -1.66. The van der Waals surface area contributed by atoms with Crippen LogP contribution in [0.15, 0.2) is 34.2 Å². The minimum atomic E-state index is -4.46. The number of amidine groups is 1. The van der Waals surface area contributed by atoms with Gasteiger partial charge in [-0.3, -0.25) is 19.0 Å². The Labute approximate surface area is 136 Å². The fourth-order valence-electron chi connectivity index (χ4n) is 1.55. The van der Waals surface area contributed by atoms with E-state index in [0.717, 1.165) is 12.1 Å². The van der Waals surface area contributed by atoms with Gasteiger partial charge in [-0.1, -0.05) is 6.07 Å². The molecule has 0 saturated heterocycles. The minimum absolute atomic E-state index is 0. The molecule has 2 amide bonds. The summed E-state index contributed by atoms with van der Waals surface area (Å²) in [6, 6.07) is 3.48. The number of aliphatic imine (C=N–C) groups is 1. The summed E-state index contributed by atoms with van der Waals surface area (Å²) in [4.78, 5) is 25.7. The monoisotopic (exact) mass is 306 g/mol.